The number of alkyl halides is 2. The fourth-order valence-electron chi connectivity index (χ4n) is 3.87. The van der Waals surface area contributed by atoms with Gasteiger partial charge < -0.3 is 10.1 Å². The minimum Gasteiger partial charge on any atom is -0.434 e. The Labute approximate surface area is 125 Å². The Balaban J connectivity index is 2.24. The maximum absolute atomic E-state index is 12.6. The van der Waals surface area contributed by atoms with Crippen molar-refractivity contribution in [2.24, 2.45) is 17.8 Å². The lowest BCUT2D eigenvalue weighted by Crippen LogP contribution is -2.31. The van der Waals surface area contributed by atoms with E-state index in [-0.39, 0.29) is 11.8 Å². The summed E-state index contributed by atoms with van der Waals surface area (Å²) >= 11 is 0. The summed E-state index contributed by atoms with van der Waals surface area (Å²) in [6, 6.07) is 7.20. The molecule has 1 fully saturated rings. The molecular weight excluding hydrogens is 272 g/mol. The van der Waals surface area contributed by atoms with Crippen LogP contribution in [0.2, 0.25) is 0 Å². The first-order valence-corrected chi connectivity index (χ1v) is 7.72. The number of halogens is 2. The highest BCUT2D eigenvalue weighted by atomic mass is 19.3. The maximum atomic E-state index is 12.6. The number of nitrogens with one attached hydrogen (secondary N) is 1. The van der Waals surface area contributed by atoms with Crippen molar-refractivity contribution in [1.29, 1.82) is 0 Å². The van der Waals surface area contributed by atoms with Crippen molar-refractivity contribution >= 4 is 0 Å². The lowest BCUT2D eigenvalue weighted by Gasteiger charge is -2.37. The molecule has 1 aromatic carbocycles. The normalized spacial score (nSPS) is 27.6. The molecule has 0 aromatic heterocycles. The molecule has 1 N–H and O–H groups in total. The first-order chi connectivity index (χ1) is 10.0. The van der Waals surface area contributed by atoms with E-state index in [9.17, 15) is 8.78 Å². The molecule has 1 aromatic rings. The summed E-state index contributed by atoms with van der Waals surface area (Å²) in [6.07, 6.45) is 3.50. The zero-order valence-corrected chi connectivity index (χ0v) is 13.0. The predicted octanol–water partition coefficient (Wildman–Crippen LogP) is 4.62. The van der Waals surface area contributed by atoms with Crippen LogP contribution in [0, 0.1) is 17.8 Å². The number of para-hydroxylation sites is 1. The van der Waals surface area contributed by atoms with Gasteiger partial charge in [0, 0.05) is 11.6 Å². The lowest BCUT2D eigenvalue weighted by molar-refractivity contribution is -0.0510. The van der Waals surface area contributed by atoms with Crippen molar-refractivity contribution in [1.82, 2.24) is 5.32 Å². The first-order valence-electron chi connectivity index (χ1n) is 7.72. The topological polar surface area (TPSA) is 21.3 Å². The summed E-state index contributed by atoms with van der Waals surface area (Å²) in [5.41, 5.74) is 0.839. The van der Waals surface area contributed by atoms with Crippen LogP contribution in [0.15, 0.2) is 24.3 Å². The molecule has 1 aliphatic rings. The Morgan fingerprint density at radius 1 is 1.10 bits per heavy atom. The summed E-state index contributed by atoms with van der Waals surface area (Å²) in [4.78, 5) is 0. The summed E-state index contributed by atoms with van der Waals surface area (Å²) < 4.78 is 29.9. The van der Waals surface area contributed by atoms with E-state index < -0.39 is 6.61 Å². The summed E-state index contributed by atoms with van der Waals surface area (Å²) in [6.45, 7) is 1.77. The van der Waals surface area contributed by atoms with Crippen LogP contribution in [0.5, 0.6) is 5.75 Å². The van der Waals surface area contributed by atoms with Crippen molar-refractivity contribution in [3.8, 4) is 5.75 Å². The lowest BCUT2D eigenvalue weighted by atomic mass is 9.72. The third-order valence-corrected chi connectivity index (χ3v) is 4.47. The molecule has 2 rings (SSSR count). The molecule has 1 saturated carbocycles. The van der Waals surface area contributed by atoms with Crippen LogP contribution in [-0.2, 0) is 0 Å². The van der Waals surface area contributed by atoms with Crippen molar-refractivity contribution in [3.05, 3.63) is 29.8 Å². The highest BCUT2D eigenvalue weighted by molar-refractivity contribution is 5.36. The van der Waals surface area contributed by atoms with Crippen molar-refractivity contribution in [3.63, 3.8) is 0 Å². The molecule has 2 nitrogen and oxygen atoms in total. The molecule has 3 atom stereocenters. The minimum absolute atomic E-state index is 0.0603. The molecule has 0 radical (unpaired) electrons. The minimum atomic E-state index is -2.78. The largest absolute Gasteiger partial charge is 0.434 e. The van der Waals surface area contributed by atoms with E-state index in [1.165, 1.54) is 6.42 Å². The van der Waals surface area contributed by atoms with Crippen LogP contribution in [-0.4, -0.2) is 13.7 Å². The molecule has 0 bridgehead atoms. The molecule has 118 valence electrons. The Hall–Kier alpha value is -1.16. The van der Waals surface area contributed by atoms with E-state index in [4.69, 9.17) is 4.74 Å². The van der Waals surface area contributed by atoms with Gasteiger partial charge in [-0.25, -0.2) is 0 Å². The summed E-state index contributed by atoms with van der Waals surface area (Å²) in [5.74, 6) is 2.10. The van der Waals surface area contributed by atoms with Crippen LogP contribution >= 0.6 is 0 Å². The van der Waals surface area contributed by atoms with Gasteiger partial charge in [-0.05, 0) is 50.1 Å². The van der Waals surface area contributed by atoms with Gasteiger partial charge in [0.05, 0.1) is 0 Å². The summed E-state index contributed by atoms with van der Waals surface area (Å²) in [5, 5.41) is 3.32. The van der Waals surface area contributed by atoms with Crippen LogP contribution < -0.4 is 10.1 Å². The Morgan fingerprint density at radius 2 is 1.71 bits per heavy atom. The predicted molar refractivity (Wildman–Crippen MR) is 80.5 cm³/mol. The van der Waals surface area contributed by atoms with E-state index in [1.807, 2.05) is 19.2 Å². The fourth-order valence-corrected chi connectivity index (χ4v) is 3.87. The smallest absolute Gasteiger partial charge is 0.387 e. The average Bonchev–Trinajstić information content (AvgIpc) is 2.40. The fraction of sp³-hybridized carbons (Fsp3) is 0.647. The molecule has 21 heavy (non-hydrogen) atoms. The molecular formula is C17H25F2NO. The molecule has 0 spiro atoms. The first kappa shape index (κ1) is 16.2. The van der Waals surface area contributed by atoms with Crippen LogP contribution in [0.25, 0.3) is 0 Å². The van der Waals surface area contributed by atoms with Gasteiger partial charge in [-0.3, -0.25) is 0 Å². The second-order valence-electron chi connectivity index (χ2n) is 6.36. The third kappa shape index (κ3) is 4.16. The van der Waals surface area contributed by atoms with Crippen LogP contribution in [0.3, 0.4) is 0 Å². The maximum Gasteiger partial charge on any atom is 0.387 e. The van der Waals surface area contributed by atoms with E-state index in [0.29, 0.717) is 17.8 Å². The van der Waals surface area contributed by atoms with Gasteiger partial charge in [0.25, 0.3) is 0 Å². The van der Waals surface area contributed by atoms with Gasteiger partial charge >= 0.3 is 6.61 Å². The number of hydrogen-bond acceptors (Lipinski definition) is 2. The Bertz CT molecular complexity index is 442. The second-order valence-corrected chi connectivity index (χ2v) is 6.36. The van der Waals surface area contributed by atoms with Gasteiger partial charge in [-0.15, -0.1) is 0 Å². The molecule has 0 saturated heterocycles. The van der Waals surface area contributed by atoms with Gasteiger partial charge in [-0.1, -0.05) is 32.0 Å². The number of rotatable bonds is 5. The molecule has 1 aliphatic carbocycles. The second kappa shape index (κ2) is 7.21. The van der Waals surface area contributed by atoms with Crippen molar-refractivity contribution in [2.75, 3.05) is 7.05 Å². The van der Waals surface area contributed by atoms with Crippen molar-refractivity contribution < 1.29 is 13.5 Å². The summed E-state index contributed by atoms with van der Waals surface area (Å²) in [7, 11) is 1.90. The number of benzene rings is 1. The van der Waals surface area contributed by atoms with E-state index in [1.54, 1.807) is 12.1 Å². The zero-order valence-electron chi connectivity index (χ0n) is 13.0. The monoisotopic (exact) mass is 297 g/mol. The quantitative estimate of drug-likeness (QED) is 0.856. The van der Waals surface area contributed by atoms with E-state index in [0.717, 1.165) is 18.4 Å². The zero-order chi connectivity index (χ0) is 15.4. The molecule has 4 heteroatoms. The van der Waals surface area contributed by atoms with Gasteiger partial charge in [-0.2, -0.15) is 8.78 Å². The van der Waals surface area contributed by atoms with Gasteiger partial charge in [0.1, 0.15) is 5.75 Å². The van der Waals surface area contributed by atoms with Crippen LogP contribution in [0.4, 0.5) is 8.78 Å². The third-order valence-electron chi connectivity index (χ3n) is 4.47. The SMILES string of the molecule is CNC(c1ccccc1OC(F)F)C1CC(C)CC(C)C1. The standard InChI is InChI=1S/C17H25F2NO/c1-11-8-12(2)10-13(9-11)16(20-3)14-6-4-5-7-15(14)21-17(18)19/h4-7,11-13,16-17,20H,8-10H2,1-3H3. The average molecular weight is 297 g/mol. The molecule has 0 heterocycles. The highest BCUT2D eigenvalue weighted by Crippen LogP contribution is 2.41. The van der Waals surface area contributed by atoms with Gasteiger partial charge in [0.2, 0.25) is 0 Å². The van der Waals surface area contributed by atoms with Crippen LogP contribution in [0.1, 0.15) is 44.7 Å². The Morgan fingerprint density at radius 3 is 2.29 bits per heavy atom. The molecule has 0 aliphatic heterocycles. The van der Waals surface area contributed by atoms with E-state index in [2.05, 4.69) is 19.2 Å². The van der Waals surface area contributed by atoms with Crippen molar-refractivity contribution in [2.45, 2.75) is 45.8 Å². The van der Waals surface area contributed by atoms with E-state index >= 15 is 0 Å². The molecule has 3 unspecified atom stereocenters. The highest BCUT2D eigenvalue weighted by Gasteiger charge is 2.31. The number of ether oxygens (including phenoxy) is 1. The Kier molecular flexibility index (Phi) is 5.57. The molecule has 0 amide bonds. The number of hydrogen-bond donors (Lipinski definition) is 1. The van der Waals surface area contributed by atoms with Gasteiger partial charge in [0.15, 0.2) is 0 Å².